The highest BCUT2D eigenvalue weighted by Gasteiger charge is 2.20. The third-order valence-corrected chi connectivity index (χ3v) is 3.79. The molecule has 0 spiro atoms. The van der Waals surface area contributed by atoms with E-state index in [0.717, 1.165) is 11.1 Å². The second-order valence-electron chi connectivity index (χ2n) is 6.77. The molecule has 5 nitrogen and oxygen atoms in total. The molecule has 0 aromatic heterocycles. The van der Waals surface area contributed by atoms with Gasteiger partial charge in [-0.15, -0.1) is 12.6 Å². The van der Waals surface area contributed by atoms with Gasteiger partial charge in [0, 0.05) is 12.0 Å². The largest absolute Gasteiger partial charge is 0.505 e. The van der Waals surface area contributed by atoms with Crippen molar-refractivity contribution in [2.24, 2.45) is 0 Å². The van der Waals surface area contributed by atoms with Gasteiger partial charge in [-0.1, -0.05) is 39.0 Å². The fourth-order valence-corrected chi connectivity index (χ4v) is 2.28. The maximum Gasteiger partial charge on any atom is 0.186 e. The minimum Gasteiger partial charge on any atom is -0.505 e. The average molecular weight is 359 g/mol. The monoisotopic (exact) mass is 359 g/mol. The molecule has 0 heterocycles. The molecule has 0 saturated carbocycles. The molecule has 0 saturated heterocycles. The quantitative estimate of drug-likeness (QED) is 0.245. The number of hydrogen-bond donors (Lipinski definition) is 5. The Morgan fingerprint density at radius 2 is 1.68 bits per heavy atom. The molecule has 1 aromatic carbocycles. The molecule has 0 atom stereocenters. The summed E-state index contributed by atoms with van der Waals surface area (Å²) < 4.78 is 0. The Hall–Kier alpha value is -2.34. The summed E-state index contributed by atoms with van der Waals surface area (Å²) in [6.45, 7) is 6.03. The van der Waals surface area contributed by atoms with Crippen molar-refractivity contribution < 1.29 is 9.90 Å². The first-order valence-electron chi connectivity index (χ1n) is 7.88. The van der Waals surface area contributed by atoms with E-state index in [1.807, 2.05) is 26.8 Å². The molecule has 0 fully saturated rings. The van der Waals surface area contributed by atoms with Gasteiger partial charge in [0.2, 0.25) is 0 Å². The number of rotatable bonds is 3. The normalized spacial score (nSPS) is 13.4. The molecule has 0 aliphatic heterocycles. The Bertz CT molecular complexity index is 722. The van der Waals surface area contributed by atoms with Crippen LogP contribution < -0.4 is 5.73 Å². The van der Waals surface area contributed by atoms with Crippen LogP contribution in [0.1, 0.15) is 38.3 Å². The molecule has 5 N–H and O–H groups in total. The number of thiol groups is 1. The number of allylic oxidation sites excluding steroid dienone is 4. The number of nitrogens with two attached hydrogens (primary N) is 1. The van der Waals surface area contributed by atoms with Crippen LogP contribution in [-0.4, -0.2) is 21.6 Å². The molecular weight excluding hydrogens is 334 g/mol. The van der Waals surface area contributed by atoms with Crippen molar-refractivity contribution in [3.8, 4) is 5.75 Å². The number of aryl methyl sites for hydroxylation is 1. The molecule has 6 heteroatoms. The summed E-state index contributed by atoms with van der Waals surface area (Å²) in [6, 6.07) is 3.61. The van der Waals surface area contributed by atoms with Crippen molar-refractivity contribution in [2.75, 3.05) is 5.73 Å². The Balaban J connectivity index is 0.000000324. The zero-order valence-electron chi connectivity index (χ0n) is 14.8. The molecule has 0 amide bonds. The van der Waals surface area contributed by atoms with Gasteiger partial charge in [0.05, 0.1) is 17.1 Å². The Morgan fingerprint density at radius 1 is 1.16 bits per heavy atom. The minimum absolute atomic E-state index is 0.137. The Morgan fingerprint density at radius 3 is 2.08 bits per heavy atom. The fraction of sp³-hybridized carbons (Fsp3) is 0.316. The van der Waals surface area contributed by atoms with Crippen LogP contribution in [0.5, 0.6) is 5.75 Å². The molecule has 1 aliphatic rings. The molecule has 134 valence electrons. The second kappa shape index (κ2) is 8.67. The first-order chi connectivity index (χ1) is 11.5. The molecule has 0 bridgehead atoms. The molecule has 2 rings (SSSR count). The molecule has 0 radical (unpaired) electrons. The van der Waals surface area contributed by atoms with Gasteiger partial charge in [0.15, 0.2) is 5.12 Å². The summed E-state index contributed by atoms with van der Waals surface area (Å²) in [6.07, 6.45) is 7.66. The van der Waals surface area contributed by atoms with Crippen LogP contribution in [0.25, 0.3) is 0 Å². The highest BCUT2D eigenvalue weighted by molar-refractivity contribution is 7.96. The number of phenolic OH excluding ortho intramolecular Hbond substituents is 1. The van der Waals surface area contributed by atoms with Gasteiger partial charge in [-0.2, -0.15) is 0 Å². The first-order valence-corrected chi connectivity index (χ1v) is 8.33. The fourth-order valence-electron chi connectivity index (χ4n) is 2.17. The number of anilines is 1. The second-order valence-corrected chi connectivity index (χ2v) is 7.27. The van der Waals surface area contributed by atoms with Crippen LogP contribution >= 0.6 is 12.6 Å². The van der Waals surface area contributed by atoms with E-state index in [4.69, 9.17) is 16.6 Å². The molecular formula is C19H25N3O2S. The SMILES string of the molecule is CC(C)(C)c1cc(CCC(=O)S)cc(N)c1O.N=C1C=CC=CC1=N. The number of carbonyl (C=O) groups excluding carboxylic acids is 1. The summed E-state index contributed by atoms with van der Waals surface area (Å²) >= 11 is 3.74. The molecule has 0 unspecified atom stereocenters. The predicted octanol–water partition coefficient (Wildman–Crippen LogP) is 3.81. The van der Waals surface area contributed by atoms with E-state index >= 15 is 0 Å². The van der Waals surface area contributed by atoms with Crippen LogP contribution in [-0.2, 0) is 16.6 Å². The van der Waals surface area contributed by atoms with Crippen molar-refractivity contribution in [1.29, 1.82) is 10.8 Å². The minimum atomic E-state index is -0.181. The number of benzene rings is 1. The van der Waals surface area contributed by atoms with Crippen molar-refractivity contribution in [3.63, 3.8) is 0 Å². The summed E-state index contributed by atoms with van der Waals surface area (Å²) in [5, 5.41) is 23.8. The van der Waals surface area contributed by atoms with E-state index in [1.165, 1.54) is 0 Å². The third kappa shape index (κ3) is 6.58. The van der Waals surface area contributed by atoms with E-state index in [0.29, 0.717) is 18.5 Å². The van der Waals surface area contributed by atoms with Crippen LogP contribution in [0, 0.1) is 10.8 Å². The number of carbonyl (C=O) groups is 1. The number of nitrogens with one attached hydrogen (secondary N) is 2. The summed E-state index contributed by atoms with van der Waals surface area (Å²) in [4.78, 5) is 10.8. The Labute approximate surface area is 154 Å². The molecule has 1 aliphatic carbocycles. The van der Waals surface area contributed by atoms with Gasteiger partial charge in [0.25, 0.3) is 0 Å². The van der Waals surface area contributed by atoms with Crippen LogP contribution in [0.15, 0.2) is 36.4 Å². The van der Waals surface area contributed by atoms with Crippen molar-refractivity contribution >= 4 is 34.9 Å². The van der Waals surface area contributed by atoms with Gasteiger partial charge in [-0.05, 0) is 35.6 Å². The van der Waals surface area contributed by atoms with Crippen LogP contribution in [0.4, 0.5) is 5.69 Å². The van der Waals surface area contributed by atoms with E-state index in [1.54, 1.807) is 30.4 Å². The highest BCUT2D eigenvalue weighted by Crippen LogP contribution is 2.36. The lowest BCUT2D eigenvalue weighted by Crippen LogP contribution is -2.13. The van der Waals surface area contributed by atoms with Gasteiger partial charge in [-0.25, -0.2) is 0 Å². The molecule has 25 heavy (non-hydrogen) atoms. The van der Waals surface area contributed by atoms with Crippen LogP contribution in [0.3, 0.4) is 0 Å². The summed E-state index contributed by atoms with van der Waals surface area (Å²) in [7, 11) is 0. The maximum atomic E-state index is 10.8. The number of nitrogen functional groups attached to an aromatic ring is 1. The Kier molecular flexibility index (Phi) is 7.18. The number of aromatic hydroxyl groups is 1. The zero-order valence-corrected chi connectivity index (χ0v) is 15.7. The van der Waals surface area contributed by atoms with Gasteiger partial charge >= 0.3 is 0 Å². The molecule has 1 aromatic rings. The maximum absolute atomic E-state index is 10.8. The third-order valence-electron chi connectivity index (χ3n) is 3.56. The van der Waals surface area contributed by atoms with E-state index in [-0.39, 0.29) is 27.7 Å². The van der Waals surface area contributed by atoms with Crippen LogP contribution in [0.2, 0.25) is 0 Å². The summed E-state index contributed by atoms with van der Waals surface area (Å²) in [5.41, 5.74) is 8.28. The summed E-state index contributed by atoms with van der Waals surface area (Å²) in [5.74, 6) is 0.137. The smallest absolute Gasteiger partial charge is 0.186 e. The number of hydrogen-bond acceptors (Lipinski definition) is 5. The van der Waals surface area contributed by atoms with E-state index in [9.17, 15) is 9.90 Å². The van der Waals surface area contributed by atoms with Gasteiger partial charge < -0.3 is 10.8 Å². The average Bonchev–Trinajstić information content (AvgIpc) is 2.50. The topological polar surface area (TPSA) is 111 Å². The lowest BCUT2D eigenvalue weighted by Gasteiger charge is -2.22. The lowest BCUT2D eigenvalue weighted by molar-refractivity contribution is -0.110. The van der Waals surface area contributed by atoms with Crippen molar-refractivity contribution in [2.45, 2.75) is 39.0 Å². The zero-order chi connectivity index (χ0) is 19.2. The van der Waals surface area contributed by atoms with Gasteiger partial charge in [0.1, 0.15) is 5.75 Å². The van der Waals surface area contributed by atoms with E-state index in [2.05, 4.69) is 12.6 Å². The number of phenols is 1. The lowest BCUT2D eigenvalue weighted by atomic mass is 9.84. The van der Waals surface area contributed by atoms with Crippen molar-refractivity contribution in [3.05, 3.63) is 47.6 Å². The first kappa shape index (κ1) is 20.7. The predicted molar refractivity (Wildman–Crippen MR) is 107 cm³/mol. The highest BCUT2D eigenvalue weighted by atomic mass is 32.1. The van der Waals surface area contributed by atoms with E-state index < -0.39 is 0 Å². The van der Waals surface area contributed by atoms with Crippen molar-refractivity contribution in [1.82, 2.24) is 0 Å². The van der Waals surface area contributed by atoms with Gasteiger partial charge in [-0.3, -0.25) is 15.6 Å². The standard InChI is InChI=1S/C13H19NO2S.C6H6N2/c1-13(2,3)9-6-8(4-5-11(15)17)7-10(14)12(9)16;7-5-3-1-2-4-6(5)8/h6-7,16H,4-5,14H2,1-3H3,(H,15,17);1-4,7-8H.